The number of benzene rings is 1. The van der Waals surface area contributed by atoms with Crippen molar-refractivity contribution < 1.29 is 9.21 Å². The van der Waals surface area contributed by atoms with E-state index >= 15 is 0 Å². The van der Waals surface area contributed by atoms with Gasteiger partial charge in [0.2, 0.25) is 5.91 Å². The minimum absolute atomic E-state index is 0.0402. The van der Waals surface area contributed by atoms with E-state index in [4.69, 9.17) is 4.42 Å². The Morgan fingerprint density at radius 3 is 2.92 bits per heavy atom. The number of amides is 1. The highest BCUT2D eigenvalue weighted by Crippen LogP contribution is 2.40. The average Bonchev–Trinajstić information content (AvgIpc) is 3.25. The SMILES string of the molecule is CCn1c(SCC(=O)N[C@@H](C)c2cc3ccccc3o2)nnc1C1CC1. The summed E-state index contributed by atoms with van der Waals surface area (Å²) >= 11 is 1.43. The number of rotatable bonds is 7. The Kier molecular flexibility index (Phi) is 4.72. The molecule has 0 spiro atoms. The predicted molar refractivity (Wildman–Crippen MR) is 101 cm³/mol. The molecule has 0 unspecified atom stereocenters. The number of carbonyl (C=O) groups is 1. The molecule has 2 heterocycles. The van der Waals surface area contributed by atoms with Crippen LogP contribution in [0.15, 0.2) is 39.9 Å². The van der Waals surface area contributed by atoms with Crippen LogP contribution in [0.3, 0.4) is 0 Å². The van der Waals surface area contributed by atoms with Crippen LogP contribution in [-0.2, 0) is 11.3 Å². The number of fused-ring (bicyclic) bond motifs is 1. The molecule has 136 valence electrons. The van der Waals surface area contributed by atoms with Gasteiger partial charge in [-0.25, -0.2) is 0 Å². The Morgan fingerprint density at radius 1 is 1.38 bits per heavy atom. The number of para-hydroxylation sites is 1. The van der Waals surface area contributed by atoms with Crippen LogP contribution >= 0.6 is 11.8 Å². The van der Waals surface area contributed by atoms with Gasteiger partial charge in [0.1, 0.15) is 17.2 Å². The Morgan fingerprint density at radius 2 is 2.19 bits per heavy atom. The zero-order chi connectivity index (χ0) is 18.1. The maximum absolute atomic E-state index is 12.3. The molecule has 2 aromatic heterocycles. The van der Waals surface area contributed by atoms with Gasteiger partial charge in [0.05, 0.1) is 11.8 Å². The van der Waals surface area contributed by atoms with Crippen molar-refractivity contribution in [3.63, 3.8) is 0 Å². The molecule has 0 radical (unpaired) electrons. The number of furan rings is 1. The van der Waals surface area contributed by atoms with Gasteiger partial charge < -0.3 is 14.3 Å². The molecule has 1 atom stereocenters. The summed E-state index contributed by atoms with van der Waals surface area (Å²) in [6, 6.07) is 9.64. The molecule has 1 saturated carbocycles. The van der Waals surface area contributed by atoms with Crippen LogP contribution in [0, 0.1) is 0 Å². The molecule has 3 aromatic rings. The van der Waals surface area contributed by atoms with Gasteiger partial charge in [-0.3, -0.25) is 4.79 Å². The molecule has 0 aliphatic heterocycles. The molecule has 0 saturated heterocycles. The minimum atomic E-state index is -0.179. The first-order chi connectivity index (χ1) is 12.7. The molecular weight excluding hydrogens is 348 g/mol. The Balaban J connectivity index is 1.36. The molecule has 1 aliphatic rings. The Hall–Kier alpha value is -2.28. The van der Waals surface area contributed by atoms with Gasteiger partial charge in [0.15, 0.2) is 5.16 Å². The first kappa shape index (κ1) is 17.1. The number of aromatic nitrogens is 3. The summed E-state index contributed by atoms with van der Waals surface area (Å²) in [5.74, 6) is 2.65. The van der Waals surface area contributed by atoms with Gasteiger partial charge in [-0.05, 0) is 38.8 Å². The second-order valence-corrected chi connectivity index (χ2v) is 7.57. The third kappa shape index (κ3) is 3.49. The summed E-state index contributed by atoms with van der Waals surface area (Å²) in [5.41, 5.74) is 0.835. The lowest BCUT2D eigenvalue weighted by Crippen LogP contribution is -2.28. The molecule has 1 N–H and O–H groups in total. The van der Waals surface area contributed by atoms with Gasteiger partial charge >= 0.3 is 0 Å². The molecule has 6 nitrogen and oxygen atoms in total. The number of nitrogens with one attached hydrogen (secondary N) is 1. The van der Waals surface area contributed by atoms with Crippen molar-refractivity contribution in [2.45, 2.75) is 50.4 Å². The Labute approximate surface area is 156 Å². The highest BCUT2D eigenvalue weighted by Gasteiger charge is 2.30. The molecular formula is C19H22N4O2S. The summed E-state index contributed by atoms with van der Waals surface area (Å²) < 4.78 is 7.94. The van der Waals surface area contributed by atoms with Crippen LogP contribution in [0.1, 0.15) is 50.2 Å². The van der Waals surface area contributed by atoms with Gasteiger partial charge in [-0.2, -0.15) is 0 Å². The summed E-state index contributed by atoms with van der Waals surface area (Å²) in [4.78, 5) is 12.3. The molecule has 0 bridgehead atoms. The topological polar surface area (TPSA) is 73.0 Å². The standard InChI is InChI=1S/C19H22N4O2S/c1-3-23-18(13-8-9-13)21-22-19(23)26-11-17(24)20-12(2)16-10-14-6-4-5-7-15(14)25-16/h4-7,10,12-13H,3,8-9,11H2,1-2H3,(H,20,24)/t12-/m0/s1. The summed E-state index contributed by atoms with van der Waals surface area (Å²) in [7, 11) is 0. The maximum Gasteiger partial charge on any atom is 0.231 e. The number of carbonyl (C=O) groups excluding carboxylic acids is 1. The molecule has 1 aliphatic carbocycles. The fourth-order valence-corrected chi connectivity index (χ4v) is 3.87. The van der Waals surface area contributed by atoms with Crippen LogP contribution in [0.4, 0.5) is 0 Å². The van der Waals surface area contributed by atoms with Crippen LogP contribution in [0.25, 0.3) is 11.0 Å². The maximum atomic E-state index is 12.3. The van der Waals surface area contributed by atoms with Crippen molar-refractivity contribution in [3.05, 3.63) is 41.9 Å². The highest BCUT2D eigenvalue weighted by molar-refractivity contribution is 7.99. The lowest BCUT2D eigenvalue weighted by atomic mass is 10.2. The largest absolute Gasteiger partial charge is 0.459 e. The van der Waals surface area contributed by atoms with Crippen LogP contribution in [0.5, 0.6) is 0 Å². The molecule has 1 aromatic carbocycles. The first-order valence-electron chi connectivity index (χ1n) is 8.99. The average molecular weight is 370 g/mol. The van der Waals surface area contributed by atoms with Crippen molar-refractivity contribution in [1.29, 1.82) is 0 Å². The van der Waals surface area contributed by atoms with Gasteiger partial charge in [0.25, 0.3) is 0 Å². The smallest absolute Gasteiger partial charge is 0.231 e. The monoisotopic (exact) mass is 370 g/mol. The molecule has 26 heavy (non-hydrogen) atoms. The third-order valence-corrected chi connectivity index (χ3v) is 5.55. The van der Waals surface area contributed by atoms with E-state index in [0.717, 1.165) is 34.3 Å². The summed E-state index contributed by atoms with van der Waals surface area (Å²) in [5, 5.41) is 13.4. The highest BCUT2D eigenvalue weighted by atomic mass is 32.2. The third-order valence-electron chi connectivity index (χ3n) is 4.59. The lowest BCUT2D eigenvalue weighted by molar-refractivity contribution is -0.119. The lowest BCUT2D eigenvalue weighted by Gasteiger charge is -2.11. The molecule has 1 amide bonds. The van der Waals surface area contributed by atoms with Gasteiger partial charge in [0, 0.05) is 17.8 Å². The summed E-state index contributed by atoms with van der Waals surface area (Å²) in [6.45, 7) is 4.85. The van der Waals surface area contributed by atoms with E-state index in [2.05, 4.69) is 27.0 Å². The zero-order valence-corrected chi connectivity index (χ0v) is 15.8. The van der Waals surface area contributed by atoms with E-state index in [1.54, 1.807) is 0 Å². The van der Waals surface area contributed by atoms with Crippen molar-refractivity contribution in [1.82, 2.24) is 20.1 Å². The van der Waals surface area contributed by atoms with Crippen LogP contribution in [0.2, 0.25) is 0 Å². The van der Waals surface area contributed by atoms with E-state index < -0.39 is 0 Å². The number of hydrogen-bond donors (Lipinski definition) is 1. The quantitative estimate of drug-likeness (QED) is 0.639. The molecule has 1 fully saturated rings. The second-order valence-electron chi connectivity index (χ2n) is 6.62. The molecule has 4 rings (SSSR count). The van der Waals surface area contributed by atoms with Gasteiger partial charge in [-0.15, -0.1) is 10.2 Å². The van der Waals surface area contributed by atoms with Crippen molar-refractivity contribution >= 4 is 28.6 Å². The fraction of sp³-hybridized carbons (Fsp3) is 0.421. The van der Waals surface area contributed by atoms with E-state index in [-0.39, 0.29) is 11.9 Å². The van der Waals surface area contributed by atoms with Crippen molar-refractivity contribution in [2.24, 2.45) is 0 Å². The summed E-state index contributed by atoms with van der Waals surface area (Å²) in [6.07, 6.45) is 2.39. The van der Waals surface area contributed by atoms with Crippen LogP contribution < -0.4 is 5.32 Å². The van der Waals surface area contributed by atoms with E-state index in [0.29, 0.717) is 11.7 Å². The van der Waals surface area contributed by atoms with Crippen molar-refractivity contribution in [3.8, 4) is 0 Å². The van der Waals surface area contributed by atoms with E-state index in [9.17, 15) is 4.79 Å². The second kappa shape index (κ2) is 7.15. The number of hydrogen-bond acceptors (Lipinski definition) is 5. The number of thioether (sulfide) groups is 1. The zero-order valence-electron chi connectivity index (χ0n) is 14.9. The number of nitrogens with zero attached hydrogens (tertiary/aromatic N) is 3. The van der Waals surface area contributed by atoms with Crippen molar-refractivity contribution in [2.75, 3.05) is 5.75 Å². The fourth-order valence-electron chi connectivity index (χ4n) is 3.05. The molecule has 7 heteroatoms. The normalized spacial score (nSPS) is 15.3. The Bertz CT molecular complexity index is 896. The minimum Gasteiger partial charge on any atom is -0.459 e. The van der Waals surface area contributed by atoms with E-state index in [1.165, 1.54) is 24.6 Å². The van der Waals surface area contributed by atoms with E-state index in [1.807, 2.05) is 37.3 Å². The van der Waals surface area contributed by atoms with Gasteiger partial charge in [-0.1, -0.05) is 30.0 Å². The van der Waals surface area contributed by atoms with Crippen LogP contribution in [-0.4, -0.2) is 26.4 Å². The predicted octanol–water partition coefficient (Wildman–Crippen LogP) is 3.89. The first-order valence-corrected chi connectivity index (χ1v) is 9.98.